The number of aromatic amines is 1. The van der Waals surface area contributed by atoms with Gasteiger partial charge in [0, 0.05) is 31.6 Å². The van der Waals surface area contributed by atoms with Gasteiger partial charge in [-0.1, -0.05) is 34.1 Å². The maximum absolute atomic E-state index is 12.7. The number of ether oxygens (including phenoxy) is 1. The molecular formula is C23H35N5O5. The van der Waals surface area contributed by atoms with Crippen LogP contribution in [0.1, 0.15) is 66.1 Å². The number of rotatable bonds is 7. The zero-order chi connectivity index (χ0) is 24.3. The number of nitrogens with one attached hydrogen (secondary N) is 1. The highest BCUT2D eigenvalue weighted by atomic mass is 16.5. The third-order valence-electron chi connectivity index (χ3n) is 6.12. The van der Waals surface area contributed by atoms with Crippen LogP contribution in [-0.2, 0) is 34.0 Å². The van der Waals surface area contributed by atoms with Gasteiger partial charge in [0.15, 0.2) is 11.2 Å². The molecule has 3 heterocycles. The van der Waals surface area contributed by atoms with Crippen molar-refractivity contribution < 1.29 is 14.3 Å². The molecule has 10 nitrogen and oxygen atoms in total. The summed E-state index contributed by atoms with van der Waals surface area (Å²) in [6.45, 7) is 11.4. The molecule has 1 amide bonds. The van der Waals surface area contributed by atoms with Crippen molar-refractivity contribution in [3.63, 3.8) is 0 Å². The largest absolute Gasteiger partial charge is 0.457 e. The van der Waals surface area contributed by atoms with Crippen molar-refractivity contribution in [2.24, 2.45) is 11.3 Å². The molecule has 0 aromatic carbocycles. The fraction of sp³-hybridized carbons (Fsp3) is 0.696. The molecular weight excluding hydrogens is 426 g/mol. The van der Waals surface area contributed by atoms with Crippen LogP contribution in [0.2, 0.25) is 0 Å². The predicted molar refractivity (Wildman–Crippen MR) is 124 cm³/mol. The minimum absolute atomic E-state index is 0.0795. The second-order valence-corrected chi connectivity index (χ2v) is 9.63. The molecule has 1 fully saturated rings. The van der Waals surface area contributed by atoms with Crippen molar-refractivity contribution >= 4 is 23.0 Å². The molecule has 0 spiro atoms. The normalized spacial score (nSPS) is 15.2. The number of piperidine rings is 1. The second-order valence-electron chi connectivity index (χ2n) is 9.63. The first kappa shape index (κ1) is 24.7. The third-order valence-corrected chi connectivity index (χ3v) is 6.12. The lowest BCUT2D eigenvalue weighted by molar-refractivity contribution is -0.154. The lowest BCUT2D eigenvalue weighted by atomic mass is 9.91. The molecule has 2 aromatic heterocycles. The summed E-state index contributed by atoms with van der Waals surface area (Å²) in [7, 11) is 0. The number of fused-ring (bicyclic) bond motifs is 1. The van der Waals surface area contributed by atoms with Crippen LogP contribution < -0.4 is 11.2 Å². The highest BCUT2D eigenvalue weighted by Gasteiger charge is 2.33. The molecule has 3 rings (SSSR count). The lowest BCUT2D eigenvalue weighted by Crippen LogP contribution is -2.45. The maximum Gasteiger partial charge on any atom is 0.330 e. The fourth-order valence-corrected chi connectivity index (χ4v) is 4.24. The van der Waals surface area contributed by atoms with Crippen molar-refractivity contribution in [1.29, 1.82) is 0 Å². The van der Waals surface area contributed by atoms with Gasteiger partial charge in [-0.25, -0.2) is 9.78 Å². The Morgan fingerprint density at radius 2 is 1.79 bits per heavy atom. The molecule has 0 bridgehead atoms. The van der Waals surface area contributed by atoms with Gasteiger partial charge in [0.1, 0.15) is 12.4 Å². The Bertz CT molecular complexity index is 1130. The number of imidazole rings is 1. The van der Waals surface area contributed by atoms with Gasteiger partial charge < -0.3 is 14.2 Å². The number of carbonyl (C=O) groups excluding carboxylic acids is 2. The van der Waals surface area contributed by atoms with E-state index < -0.39 is 16.7 Å². The lowest BCUT2D eigenvalue weighted by Gasteiger charge is -2.34. The van der Waals surface area contributed by atoms with Crippen LogP contribution in [0.15, 0.2) is 9.59 Å². The minimum Gasteiger partial charge on any atom is -0.457 e. The first-order valence-corrected chi connectivity index (χ1v) is 11.8. The first-order chi connectivity index (χ1) is 15.6. The van der Waals surface area contributed by atoms with E-state index in [4.69, 9.17) is 4.74 Å². The summed E-state index contributed by atoms with van der Waals surface area (Å²) < 4.78 is 8.73. The van der Waals surface area contributed by atoms with Gasteiger partial charge in [0.2, 0.25) is 5.91 Å². The Balaban J connectivity index is 1.73. The highest BCUT2D eigenvalue weighted by molar-refractivity contribution is 5.82. The van der Waals surface area contributed by atoms with Gasteiger partial charge in [-0.3, -0.25) is 23.9 Å². The molecule has 33 heavy (non-hydrogen) atoms. The van der Waals surface area contributed by atoms with Crippen LogP contribution in [0.25, 0.3) is 11.2 Å². The minimum atomic E-state index is -0.495. The van der Waals surface area contributed by atoms with E-state index in [0.717, 1.165) is 12.8 Å². The van der Waals surface area contributed by atoms with Gasteiger partial charge in [-0.2, -0.15) is 0 Å². The Morgan fingerprint density at radius 1 is 1.12 bits per heavy atom. The van der Waals surface area contributed by atoms with Crippen molar-refractivity contribution in [3.05, 3.63) is 26.7 Å². The van der Waals surface area contributed by atoms with E-state index in [2.05, 4.69) is 9.97 Å². The van der Waals surface area contributed by atoms with Crippen LogP contribution in [-0.4, -0.2) is 49.0 Å². The van der Waals surface area contributed by atoms with Gasteiger partial charge in [0.25, 0.3) is 5.56 Å². The summed E-state index contributed by atoms with van der Waals surface area (Å²) in [5.74, 6) is -0.0858. The van der Waals surface area contributed by atoms with Crippen LogP contribution in [0, 0.1) is 11.3 Å². The van der Waals surface area contributed by atoms with Gasteiger partial charge in [-0.15, -0.1) is 0 Å². The average molecular weight is 462 g/mol. The highest BCUT2D eigenvalue weighted by Crippen LogP contribution is 2.24. The molecule has 0 unspecified atom stereocenters. The van der Waals surface area contributed by atoms with E-state index in [-0.39, 0.29) is 24.4 Å². The molecule has 1 aliphatic rings. The van der Waals surface area contributed by atoms with E-state index >= 15 is 0 Å². The number of unbranched alkanes of at least 4 members (excludes halogenated alkanes) is 1. The average Bonchev–Trinajstić information content (AvgIpc) is 3.15. The summed E-state index contributed by atoms with van der Waals surface area (Å²) in [5, 5.41) is 0. The molecule has 1 saturated heterocycles. The topological polar surface area (TPSA) is 119 Å². The molecule has 0 atom stereocenters. The summed E-state index contributed by atoms with van der Waals surface area (Å²) in [6.07, 6.45) is 2.79. The van der Waals surface area contributed by atoms with Gasteiger partial charge in [-0.05, 0) is 26.2 Å². The standard InChI is InChI=1S/C23H35N5O5/c1-6-8-11-28-18-17(19(29)25-22(28)32)27(7-2)16(24-18)14-33-20(30)15-9-12-26(13-10-15)21(31)23(3,4)5/h15H,6-14H2,1-5H3,(H,25,29,32). The zero-order valence-corrected chi connectivity index (χ0v) is 20.3. The Labute approximate surface area is 192 Å². The van der Waals surface area contributed by atoms with Crippen LogP contribution >= 0.6 is 0 Å². The number of H-pyrrole nitrogens is 1. The number of hydrogen-bond acceptors (Lipinski definition) is 6. The summed E-state index contributed by atoms with van der Waals surface area (Å²) in [5.41, 5.74) is -0.790. The van der Waals surface area contributed by atoms with Gasteiger partial charge >= 0.3 is 11.7 Å². The smallest absolute Gasteiger partial charge is 0.330 e. The van der Waals surface area contributed by atoms with Crippen molar-refractivity contribution in [2.75, 3.05) is 13.1 Å². The van der Waals surface area contributed by atoms with Crippen molar-refractivity contribution in [2.45, 2.75) is 80.0 Å². The van der Waals surface area contributed by atoms with E-state index in [0.29, 0.717) is 56.0 Å². The van der Waals surface area contributed by atoms with Crippen LogP contribution in [0.3, 0.4) is 0 Å². The second kappa shape index (κ2) is 9.93. The molecule has 182 valence electrons. The van der Waals surface area contributed by atoms with Crippen molar-refractivity contribution in [1.82, 2.24) is 24.0 Å². The summed E-state index contributed by atoms with van der Waals surface area (Å²) >= 11 is 0. The number of likely N-dealkylation sites (tertiary alicyclic amines) is 1. The predicted octanol–water partition coefficient (Wildman–Crippen LogP) is 2.03. The van der Waals surface area contributed by atoms with E-state index in [1.54, 1.807) is 4.57 Å². The first-order valence-electron chi connectivity index (χ1n) is 11.8. The number of hydrogen-bond donors (Lipinski definition) is 1. The number of aryl methyl sites for hydroxylation is 2. The van der Waals surface area contributed by atoms with Gasteiger partial charge in [0.05, 0.1) is 5.92 Å². The molecule has 0 aliphatic carbocycles. The number of nitrogens with zero attached hydrogens (tertiary/aromatic N) is 4. The monoisotopic (exact) mass is 461 g/mol. The summed E-state index contributed by atoms with van der Waals surface area (Å²) in [6, 6.07) is 0. The quantitative estimate of drug-likeness (QED) is 0.630. The maximum atomic E-state index is 12.7. The van der Waals surface area contributed by atoms with Crippen LogP contribution in [0.5, 0.6) is 0 Å². The van der Waals surface area contributed by atoms with E-state index in [1.807, 2.05) is 39.5 Å². The molecule has 1 aliphatic heterocycles. The molecule has 0 saturated carbocycles. The van der Waals surface area contributed by atoms with Crippen LogP contribution in [0.4, 0.5) is 0 Å². The number of esters is 1. The Kier molecular flexibility index (Phi) is 7.44. The molecule has 10 heteroatoms. The molecule has 0 radical (unpaired) electrons. The Morgan fingerprint density at radius 3 is 2.36 bits per heavy atom. The van der Waals surface area contributed by atoms with Crippen molar-refractivity contribution in [3.8, 4) is 0 Å². The van der Waals surface area contributed by atoms with E-state index in [1.165, 1.54) is 4.57 Å². The third kappa shape index (κ3) is 5.20. The number of carbonyl (C=O) groups is 2. The fourth-order valence-electron chi connectivity index (χ4n) is 4.24. The molecule has 2 aromatic rings. The number of aromatic nitrogens is 4. The van der Waals surface area contributed by atoms with E-state index in [9.17, 15) is 19.2 Å². The number of amides is 1. The summed E-state index contributed by atoms with van der Waals surface area (Å²) in [4.78, 5) is 58.7. The Hall–Kier alpha value is -2.91. The SMILES string of the molecule is CCCCn1c(=O)[nH]c(=O)c2c1nc(COC(=O)C1CCN(C(=O)C(C)(C)C)CC1)n2CC. The molecule has 1 N–H and O–H groups in total. The zero-order valence-electron chi connectivity index (χ0n) is 20.3.